The number of benzene rings is 1. The molecule has 0 bridgehead atoms. The average Bonchev–Trinajstić information content (AvgIpc) is 2.25. The number of aryl methyl sites for hydroxylation is 2. The van der Waals surface area contributed by atoms with Gasteiger partial charge in [-0.2, -0.15) is 0 Å². The highest BCUT2D eigenvalue weighted by Gasteiger charge is 2.31. The van der Waals surface area contributed by atoms with Gasteiger partial charge in [0.2, 0.25) is 0 Å². The second-order valence-corrected chi connectivity index (χ2v) is 6.66. The molecule has 1 saturated carbocycles. The van der Waals surface area contributed by atoms with Crippen LogP contribution in [0.15, 0.2) is 18.2 Å². The molecule has 0 saturated heterocycles. The molecule has 1 atom stereocenters. The van der Waals surface area contributed by atoms with Crippen molar-refractivity contribution in [1.29, 1.82) is 0 Å². The third kappa shape index (κ3) is 3.35. The minimum absolute atomic E-state index is 0.455. The SMILES string of the molecule is Cc1cc(C)cc(CNC2CCCCC2(C)C)c1. The van der Waals surface area contributed by atoms with Crippen LogP contribution in [0.4, 0.5) is 0 Å². The van der Waals surface area contributed by atoms with Crippen LogP contribution in [0.2, 0.25) is 0 Å². The van der Waals surface area contributed by atoms with E-state index in [0.29, 0.717) is 11.5 Å². The second kappa shape index (κ2) is 5.44. The van der Waals surface area contributed by atoms with Crippen molar-refractivity contribution in [2.24, 2.45) is 5.41 Å². The largest absolute Gasteiger partial charge is 0.309 e. The molecule has 1 heteroatoms. The molecule has 1 nitrogen and oxygen atoms in total. The molecular formula is C17H27N. The molecule has 0 aromatic heterocycles. The predicted molar refractivity (Wildman–Crippen MR) is 78.8 cm³/mol. The summed E-state index contributed by atoms with van der Waals surface area (Å²) in [4.78, 5) is 0. The van der Waals surface area contributed by atoms with Gasteiger partial charge in [0.25, 0.3) is 0 Å². The molecule has 1 N–H and O–H groups in total. The van der Waals surface area contributed by atoms with Gasteiger partial charge in [-0.15, -0.1) is 0 Å². The number of nitrogens with one attached hydrogen (secondary N) is 1. The Labute approximate surface area is 112 Å². The Morgan fingerprint density at radius 3 is 2.39 bits per heavy atom. The molecule has 1 unspecified atom stereocenters. The first-order valence-corrected chi connectivity index (χ1v) is 7.28. The van der Waals surface area contributed by atoms with Crippen LogP contribution >= 0.6 is 0 Å². The standard InChI is InChI=1S/C17H27N/c1-13-9-14(2)11-15(10-13)12-18-16-7-5-6-8-17(16,3)4/h9-11,16,18H,5-8,12H2,1-4H3. The van der Waals surface area contributed by atoms with Gasteiger partial charge >= 0.3 is 0 Å². The Hall–Kier alpha value is -0.820. The normalized spacial score (nSPS) is 23.0. The van der Waals surface area contributed by atoms with Crippen molar-refractivity contribution in [3.05, 3.63) is 34.9 Å². The van der Waals surface area contributed by atoms with Gasteiger partial charge in [-0.25, -0.2) is 0 Å². The number of hydrogen-bond donors (Lipinski definition) is 1. The Kier molecular flexibility index (Phi) is 4.11. The maximum absolute atomic E-state index is 3.78. The van der Waals surface area contributed by atoms with Crippen molar-refractivity contribution in [2.45, 2.75) is 66.0 Å². The van der Waals surface area contributed by atoms with E-state index >= 15 is 0 Å². The minimum Gasteiger partial charge on any atom is -0.309 e. The zero-order valence-electron chi connectivity index (χ0n) is 12.3. The Morgan fingerprint density at radius 2 is 1.78 bits per heavy atom. The molecule has 1 aliphatic carbocycles. The lowest BCUT2D eigenvalue weighted by Crippen LogP contribution is -2.43. The Balaban J connectivity index is 1.98. The summed E-state index contributed by atoms with van der Waals surface area (Å²) in [6.45, 7) is 10.2. The van der Waals surface area contributed by atoms with E-state index in [1.807, 2.05) is 0 Å². The van der Waals surface area contributed by atoms with Crippen molar-refractivity contribution >= 4 is 0 Å². The summed E-state index contributed by atoms with van der Waals surface area (Å²) in [5, 5.41) is 3.78. The van der Waals surface area contributed by atoms with E-state index < -0.39 is 0 Å². The summed E-state index contributed by atoms with van der Waals surface area (Å²) in [5.41, 5.74) is 4.62. The first-order chi connectivity index (χ1) is 8.47. The molecule has 0 radical (unpaired) electrons. The molecule has 0 amide bonds. The summed E-state index contributed by atoms with van der Waals surface area (Å²) >= 11 is 0. The summed E-state index contributed by atoms with van der Waals surface area (Å²) in [7, 11) is 0. The van der Waals surface area contributed by atoms with E-state index in [9.17, 15) is 0 Å². The van der Waals surface area contributed by atoms with Gasteiger partial charge in [0.15, 0.2) is 0 Å². The van der Waals surface area contributed by atoms with E-state index in [1.54, 1.807) is 0 Å². The zero-order chi connectivity index (χ0) is 13.2. The average molecular weight is 245 g/mol. The highest BCUT2D eigenvalue weighted by Crippen LogP contribution is 2.35. The van der Waals surface area contributed by atoms with Gasteiger partial charge < -0.3 is 5.32 Å². The summed E-state index contributed by atoms with van der Waals surface area (Å²) in [5.74, 6) is 0. The van der Waals surface area contributed by atoms with Gasteiger partial charge in [0.1, 0.15) is 0 Å². The first-order valence-electron chi connectivity index (χ1n) is 7.28. The lowest BCUT2D eigenvalue weighted by atomic mass is 9.73. The molecule has 1 fully saturated rings. The summed E-state index contributed by atoms with van der Waals surface area (Å²) < 4.78 is 0. The Bertz CT molecular complexity index is 386. The van der Waals surface area contributed by atoms with Gasteiger partial charge in [0, 0.05) is 12.6 Å². The highest BCUT2D eigenvalue weighted by atomic mass is 14.9. The molecule has 0 spiro atoms. The van der Waals surface area contributed by atoms with Crippen LogP contribution in [-0.4, -0.2) is 6.04 Å². The molecule has 1 aromatic rings. The Morgan fingerprint density at radius 1 is 1.11 bits per heavy atom. The predicted octanol–water partition coefficient (Wildman–Crippen LogP) is 4.36. The van der Waals surface area contributed by atoms with Crippen LogP contribution in [0.3, 0.4) is 0 Å². The van der Waals surface area contributed by atoms with E-state index in [0.717, 1.165) is 6.54 Å². The van der Waals surface area contributed by atoms with Gasteiger partial charge in [-0.05, 0) is 37.7 Å². The smallest absolute Gasteiger partial charge is 0.0208 e. The summed E-state index contributed by atoms with van der Waals surface area (Å²) in [6, 6.07) is 7.52. The van der Waals surface area contributed by atoms with Crippen LogP contribution < -0.4 is 5.32 Å². The van der Waals surface area contributed by atoms with Crippen LogP contribution in [0.25, 0.3) is 0 Å². The molecule has 1 aromatic carbocycles. The molecule has 2 rings (SSSR count). The van der Waals surface area contributed by atoms with Gasteiger partial charge in [-0.1, -0.05) is 56.0 Å². The molecule has 1 aliphatic rings. The van der Waals surface area contributed by atoms with Crippen molar-refractivity contribution in [3.8, 4) is 0 Å². The van der Waals surface area contributed by atoms with Crippen molar-refractivity contribution < 1.29 is 0 Å². The molecule has 0 aliphatic heterocycles. The maximum Gasteiger partial charge on any atom is 0.0208 e. The molecular weight excluding hydrogens is 218 g/mol. The van der Waals surface area contributed by atoms with E-state index in [2.05, 4.69) is 51.2 Å². The lowest BCUT2D eigenvalue weighted by Gasteiger charge is -2.39. The molecule has 100 valence electrons. The van der Waals surface area contributed by atoms with E-state index in [4.69, 9.17) is 0 Å². The van der Waals surface area contributed by atoms with Crippen molar-refractivity contribution in [2.75, 3.05) is 0 Å². The van der Waals surface area contributed by atoms with Crippen LogP contribution in [0.5, 0.6) is 0 Å². The van der Waals surface area contributed by atoms with Crippen LogP contribution in [0, 0.1) is 19.3 Å². The molecule has 0 heterocycles. The fourth-order valence-electron chi connectivity index (χ4n) is 3.28. The number of hydrogen-bond acceptors (Lipinski definition) is 1. The van der Waals surface area contributed by atoms with Gasteiger partial charge in [0.05, 0.1) is 0 Å². The third-order valence-electron chi connectivity index (χ3n) is 4.34. The van der Waals surface area contributed by atoms with Crippen molar-refractivity contribution in [1.82, 2.24) is 5.32 Å². The lowest BCUT2D eigenvalue weighted by molar-refractivity contribution is 0.167. The maximum atomic E-state index is 3.78. The first kappa shape index (κ1) is 13.6. The van der Waals surface area contributed by atoms with E-state index in [-0.39, 0.29) is 0 Å². The fourth-order valence-corrected chi connectivity index (χ4v) is 3.28. The fraction of sp³-hybridized carbons (Fsp3) is 0.647. The van der Waals surface area contributed by atoms with Gasteiger partial charge in [-0.3, -0.25) is 0 Å². The van der Waals surface area contributed by atoms with Crippen LogP contribution in [0.1, 0.15) is 56.2 Å². The van der Waals surface area contributed by atoms with Crippen LogP contribution in [-0.2, 0) is 6.54 Å². The van der Waals surface area contributed by atoms with E-state index in [1.165, 1.54) is 42.4 Å². The number of rotatable bonds is 3. The highest BCUT2D eigenvalue weighted by molar-refractivity contribution is 5.28. The topological polar surface area (TPSA) is 12.0 Å². The summed E-state index contributed by atoms with van der Waals surface area (Å²) in [6.07, 6.45) is 5.47. The monoisotopic (exact) mass is 245 g/mol. The van der Waals surface area contributed by atoms with Crippen molar-refractivity contribution in [3.63, 3.8) is 0 Å². The zero-order valence-corrected chi connectivity index (χ0v) is 12.3. The second-order valence-electron chi connectivity index (χ2n) is 6.66. The third-order valence-corrected chi connectivity index (χ3v) is 4.34. The molecule has 18 heavy (non-hydrogen) atoms. The quantitative estimate of drug-likeness (QED) is 0.834. The minimum atomic E-state index is 0.455.